The third kappa shape index (κ3) is 3.12. The maximum absolute atomic E-state index is 11.6. The van der Waals surface area contributed by atoms with Crippen LogP contribution in [0.5, 0.6) is 0 Å². The summed E-state index contributed by atoms with van der Waals surface area (Å²) in [5, 5.41) is 3.95. The number of rotatable bonds is 7. The third-order valence-corrected chi connectivity index (χ3v) is 3.39. The quantitative estimate of drug-likeness (QED) is 0.708. The van der Waals surface area contributed by atoms with Crippen LogP contribution < -0.4 is 0 Å². The Morgan fingerprint density at radius 1 is 1.37 bits per heavy atom. The van der Waals surface area contributed by atoms with Crippen molar-refractivity contribution in [2.45, 2.75) is 52.1 Å². The summed E-state index contributed by atoms with van der Waals surface area (Å²) in [5.74, 6) is -0.193. The number of carbonyl (C=O) groups excluding carboxylic acids is 1. The third-order valence-electron chi connectivity index (χ3n) is 3.39. The van der Waals surface area contributed by atoms with E-state index in [-0.39, 0.29) is 11.9 Å². The zero-order valence-electron chi connectivity index (χ0n) is 12.2. The molecule has 0 bridgehead atoms. The van der Waals surface area contributed by atoms with Crippen LogP contribution in [0.1, 0.15) is 58.2 Å². The summed E-state index contributed by atoms with van der Waals surface area (Å²) in [4.78, 5) is 15.9. The Morgan fingerprint density at radius 2 is 2.00 bits per heavy atom. The van der Waals surface area contributed by atoms with Gasteiger partial charge in [-0.1, -0.05) is 19.0 Å². The first-order valence-electron chi connectivity index (χ1n) is 6.60. The Bertz CT molecular complexity index is 404. The number of aromatic nitrogens is 2. The van der Waals surface area contributed by atoms with Crippen molar-refractivity contribution in [3.05, 3.63) is 11.7 Å². The molecule has 0 fully saturated rings. The van der Waals surface area contributed by atoms with Gasteiger partial charge in [0.05, 0.1) is 6.61 Å². The summed E-state index contributed by atoms with van der Waals surface area (Å²) in [7, 11) is 1.62. The number of carbonyl (C=O) groups is 1. The molecule has 1 rings (SSSR count). The van der Waals surface area contributed by atoms with Gasteiger partial charge in [0.25, 0.3) is 0 Å². The Morgan fingerprint density at radius 3 is 2.47 bits per heavy atom. The summed E-state index contributed by atoms with van der Waals surface area (Å²) >= 11 is 0. The second kappa shape index (κ2) is 6.65. The van der Waals surface area contributed by atoms with Gasteiger partial charge in [-0.3, -0.25) is 4.79 Å². The van der Waals surface area contributed by atoms with Crippen LogP contribution in [0.2, 0.25) is 0 Å². The molecule has 0 spiro atoms. The van der Waals surface area contributed by atoms with Crippen molar-refractivity contribution in [3.63, 3.8) is 0 Å². The highest BCUT2D eigenvalue weighted by molar-refractivity contribution is 5.76. The van der Waals surface area contributed by atoms with Crippen molar-refractivity contribution in [3.8, 4) is 0 Å². The minimum Gasteiger partial charge on any atom is -0.465 e. The standard InChI is InChI=1S/C13H22N2O4/c1-6-13(7-2,17-5)12-14-10(19-15-12)9(4)11(16)18-8-3/h9H,6-8H2,1-5H3. The summed E-state index contributed by atoms with van der Waals surface area (Å²) in [6.07, 6.45) is 1.46. The van der Waals surface area contributed by atoms with Gasteiger partial charge in [0.15, 0.2) is 0 Å². The van der Waals surface area contributed by atoms with Crippen LogP contribution in [-0.4, -0.2) is 29.8 Å². The maximum Gasteiger partial charge on any atom is 0.318 e. The topological polar surface area (TPSA) is 74.5 Å². The van der Waals surface area contributed by atoms with Crippen molar-refractivity contribution < 1.29 is 18.8 Å². The van der Waals surface area contributed by atoms with E-state index in [1.807, 2.05) is 13.8 Å². The summed E-state index contributed by atoms with van der Waals surface area (Å²) in [6.45, 7) is 7.77. The monoisotopic (exact) mass is 270 g/mol. The molecule has 0 saturated carbocycles. The molecule has 0 amide bonds. The van der Waals surface area contributed by atoms with E-state index >= 15 is 0 Å². The molecule has 0 N–H and O–H groups in total. The highest BCUT2D eigenvalue weighted by Crippen LogP contribution is 2.31. The zero-order valence-corrected chi connectivity index (χ0v) is 12.2. The fourth-order valence-electron chi connectivity index (χ4n) is 1.91. The average molecular weight is 270 g/mol. The van der Waals surface area contributed by atoms with Gasteiger partial charge < -0.3 is 14.0 Å². The summed E-state index contributed by atoms with van der Waals surface area (Å²) in [5.41, 5.74) is -0.559. The molecule has 0 radical (unpaired) electrons. The molecule has 6 heteroatoms. The number of ether oxygens (including phenoxy) is 2. The van der Waals surface area contributed by atoms with Crippen LogP contribution in [0, 0.1) is 0 Å². The number of hydrogen-bond acceptors (Lipinski definition) is 6. The first-order chi connectivity index (χ1) is 9.04. The lowest BCUT2D eigenvalue weighted by atomic mass is 9.96. The van der Waals surface area contributed by atoms with Gasteiger partial charge in [-0.05, 0) is 26.7 Å². The predicted octanol–water partition coefficient (Wildman–Crippen LogP) is 2.40. The lowest BCUT2D eigenvalue weighted by Crippen LogP contribution is -2.28. The largest absolute Gasteiger partial charge is 0.465 e. The molecule has 0 aromatic carbocycles. The Balaban J connectivity index is 2.96. The zero-order chi connectivity index (χ0) is 14.5. The van der Waals surface area contributed by atoms with E-state index in [0.717, 1.165) is 12.8 Å². The van der Waals surface area contributed by atoms with Crippen LogP contribution in [0.15, 0.2) is 4.52 Å². The second-order valence-electron chi connectivity index (χ2n) is 4.34. The minimum atomic E-state index is -0.565. The molecule has 0 aliphatic rings. The van der Waals surface area contributed by atoms with E-state index in [4.69, 9.17) is 14.0 Å². The van der Waals surface area contributed by atoms with E-state index in [9.17, 15) is 4.79 Å². The van der Waals surface area contributed by atoms with Crippen molar-refractivity contribution in [2.24, 2.45) is 0 Å². The SMILES string of the molecule is CCOC(=O)C(C)c1nc(C(CC)(CC)OC)no1. The van der Waals surface area contributed by atoms with Gasteiger partial charge >= 0.3 is 5.97 Å². The van der Waals surface area contributed by atoms with Crippen LogP contribution in [0.3, 0.4) is 0 Å². The molecule has 1 aromatic rings. The Kier molecular flexibility index (Phi) is 5.47. The van der Waals surface area contributed by atoms with Crippen molar-refractivity contribution in [1.82, 2.24) is 10.1 Å². The molecular weight excluding hydrogens is 248 g/mol. The molecule has 1 heterocycles. The van der Waals surface area contributed by atoms with Gasteiger partial charge in [-0.25, -0.2) is 0 Å². The van der Waals surface area contributed by atoms with Gasteiger partial charge in [-0.15, -0.1) is 0 Å². The average Bonchev–Trinajstić information content (AvgIpc) is 2.91. The fraction of sp³-hybridized carbons (Fsp3) is 0.769. The van der Waals surface area contributed by atoms with E-state index in [1.165, 1.54) is 0 Å². The Labute approximate surface area is 113 Å². The van der Waals surface area contributed by atoms with E-state index in [1.54, 1.807) is 21.0 Å². The second-order valence-corrected chi connectivity index (χ2v) is 4.34. The fourth-order valence-corrected chi connectivity index (χ4v) is 1.91. The predicted molar refractivity (Wildman–Crippen MR) is 68.6 cm³/mol. The molecule has 108 valence electrons. The van der Waals surface area contributed by atoms with Gasteiger partial charge in [0.2, 0.25) is 11.7 Å². The molecule has 0 aliphatic heterocycles. The minimum absolute atomic E-state index is 0.261. The number of nitrogens with zero attached hydrogens (tertiary/aromatic N) is 2. The van der Waals surface area contributed by atoms with Crippen molar-refractivity contribution in [2.75, 3.05) is 13.7 Å². The maximum atomic E-state index is 11.6. The Hall–Kier alpha value is -1.43. The highest BCUT2D eigenvalue weighted by atomic mass is 16.5. The highest BCUT2D eigenvalue weighted by Gasteiger charge is 2.35. The molecule has 1 aromatic heterocycles. The van der Waals surface area contributed by atoms with E-state index < -0.39 is 11.5 Å². The first kappa shape index (κ1) is 15.6. The van der Waals surface area contributed by atoms with Crippen molar-refractivity contribution in [1.29, 1.82) is 0 Å². The molecule has 1 unspecified atom stereocenters. The summed E-state index contributed by atoms with van der Waals surface area (Å²) < 4.78 is 15.6. The van der Waals surface area contributed by atoms with Crippen LogP contribution in [-0.2, 0) is 19.9 Å². The van der Waals surface area contributed by atoms with E-state index in [2.05, 4.69) is 10.1 Å². The molecule has 1 atom stereocenters. The van der Waals surface area contributed by atoms with Gasteiger partial charge in [0, 0.05) is 7.11 Å². The van der Waals surface area contributed by atoms with Gasteiger partial charge in [-0.2, -0.15) is 4.98 Å². The smallest absolute Gasteiger partial charge is 0.318 e. The van der Waals surface area contributed by atoms with Gasteiger partial charge in [0.1, 0.15) is 11.5 Å². The van der Waals surface area contributed by atoms with Crippen LogP contribution in [0.25, 0.3) is 0 Å². The molecule has 6 nitrogen and oxygen atoms in total. The lowest BCUT2D eigenvalue weighted by Gasteiger charge is -2.25. The van der Waals surface area contributed by atoms with Crippen molar-refractivity contribution >= 4 is 5.97 Å². The number of methoxy groups -OCH3 is 1. The number of esters is 1. The molecule has 19 heavy (non-hydrogen) atoms. The molecule has 0 aliphatic carbocycles. The molecular formula is C13H22N2O4. The normalized spacial score (nSPS) is 13.3. The van der Waals surface area contributed by atoms with Crippen LogP contribution >= 0.6 is 0 Å². The summed E-state index contributed by atoms with van der Waals surface area (Å²) in [6, 6.07) is 0. The first-order valence-corrected chi connectivity index (χ1v) is 6.60. The molecule has 0 saturated heterocycles. The van der Waals surface area contributed by atoms with E-state index in [0.29, 0.717) is 12.4 Å². The van der Waals surface area contributed by atoms with Crippen LogP contribution in [0.4, 0.5) is 0 Å². The lowest BCUT2D eigenvalue weighted by molar-refractivity contribution is -0.145. The number of hydrogen-bond donors (Lipinski definition) is 0.